The van der Waals surface area contributed by atoms with Crippen LogP contribution in [-0.2, 0) is 0 Å². The Bertz CT molecular complexity index is 646. The van der Waals surface area contributed by atoms with Crippen molar-refractivity contribution in [1.29, 1.82) is 0 Å². The summed E-state index contributed by atoms with van der Waals surface area (Å²) in [6, 6.07) is 4.68. The van der Waals surface area contributed by atoms with Crippen LogP contribution < -0.4 is 0 Å². The molecule has 1 fully saturated rings. The van der Waals surface area contributed by atoms with Crippen molar-refractivity contribution in [2.24, 2.45) is 0 Å². The summed E-state index contributed by atoms with van der Waals surface area (Å²) in [4.78, 5) is 4.81. The SMILES string of the molecule is Cc1c(C(O)CCN(C)C2CCN(C)CC2)ccc2[nH]ncc12. The van der Waals surface area contributed by atoms with E-state index in [0.717, 1.165) is 35.0 Å². The van der Waals surface area contributed by atoms with Gasteiger partial charge in [-0.1, -0.05) is 6.07 Å². The van der Waals surface area contributed by atoms with Gasteiger partial charge in [0, 0.05) is 18.0 Å². The van der Waals surface area contributed by atoms with Gasteiger partial charge in [0.2, 0.25) is 0 Å². The molecule has 1 aromatic heterocycles. The fraction of sp³-hybridized carbons (Fsp3) is 0.611. The van der Waals surface area contributed by atoms with Crippen molar-refractivity contribution < 1.29 is 5.11 Å². The van der Waals surface area contributed by atoms with E-state index in [1.807, 2.05) is 18.3 Å². The smallest absolute Gasteiger partial charge is 0.0805 e. The molecule has 1 atom stereocenters. The fourth-order valence-electron chi connectivity index (χ4n) is 3.64. The first kappa shape index (κ1) is 16.4. The van der Waals surface area contributed by atoms with Gasteiger partial charge in [0.1, 0.15) is 0 Å². The molecule has 1 aromatic carbocycles. The molecule has 1 unspecified atom stereocenters. The molecule has 0 spiro atoms. The molecule has 0 radical (unpaired) electrons. The number of aliphatic hydroxyl groups is 1. The molecule has 5 heteroatoms. The predicted octanol–water partition coefficient (Wildman–Crippen LogP) is 2.32. The number of aromatic amines is 1. The number of aliphatic hydroxyl groups excluding tert-OH is 1. The average molecular weight is 316 g/mol. The van der Waals surface area contributed by atoms with E-state index in [-0.39, 0.29) is 0 Å². The van der Waals surface area contributed by atoms with Crippen molar-refractivity contribution in [2.75, 3.05) is 33.7 Å². The second kappa shape index (κ2) is 6.99. The zero-order valence-corrected chi connectivity index (χ0v) is 14.4. The van der Waals surface area contributed by atoms with Gasteiger partial charge in [0.25, 0.3) is 0 Å². The maximum atomic E-state index is 10.6. The van der Waals surface area contributed by atoms with Crippen LogP contribution in [-0.4, -0.2) is 64.9 Å². The van der Waals surface area contributed by atoms with Crippen LogP contribution in [0.4, 0.5) is 0 Å². The van der Waals surface area contributed by atoms with E-state index in [4.69, 9.17) is 0 Å². The predicted molar refractivity (Wildman–Crippen MR) is 93.6 cm³/mol. The fourth-order valence-corrected chi connectivity index (χ4v) is 3.64. The van der Waals surface area contributed by atoms with E-state index in [2.05, 4.69) is 41.0 Å². The number of benzene rings is 1. The quantitative estimate of drug-likeness (QED) is 0.889. The lowest BCUT2D eigenvalue weighted by molar-refractivity contribution is 0.109. The van der Waals surface area contributed by atoms with Crippen molar-refractivity contribution in [3.63, 3.8) is 0 Å². The Balaban J connectivity index is 1.59. The summed E-state index contributed by atoms with van der Waals surface area (Å²) in [5, 5.41) is 18.8. The Kier molecular flexibility index (Phi) is 4.99. The van der Waals surface area contributed by atoms with Crippen LogP contribution in [0.5, 0.6) is 0 Å². The largest absolute Gasteiger partial charge is 0.388 e. The van der Waals surface area contributed by atoms with Crippen LogP contribution in [0.25, 0.3) is 10.9 Å². The lowest BCUT2D eigenvalue weighted by atomic mass is 9.97. The highest BCUT2D eigenvalue weighted by Gasteiger charge is 2.21. The molecular formula is C18H28N4O. The first-order valence-electron chi connectivity index (χ1n) is 8.55. The summed E-state index contributed by atoms with van der Waals surface area (Å²) >= 11 is 0. The van der Waals surface area contributed by atoms with Crippen LogP contribution in [0.2, 0.25) is 0 Å². The van der Waals surface area contributed by atoms with Gasteiger partial charge < -0.3 is 14.9 Å². The minimum atomic E-state index is -0.414. The van der Waals surface area contributed by atoms with Gasteiger partial charge in [-0.2, -0.15) is 5.10 Å². The molecule has 0 aliphatic carbocycles. The Morgan fingerprint density at radius 2 is 2.13 bits per heavy atom. The highest BCUT2D eigenvalue weighted by atomic mass is 16.3. The monoisotopic (exact) mass is 316 g/mol. The first-order chi connectivity index (χ1) is 11.1. The number of nitrogens with zero attached hydrogens (tertiary/aromatic N) is 3. The van der Waals surface area contributed by atoms with Crippen molar-refractivity contribution in [2.45, 2.75) is 38.3 Å². The van der Waals surface area contributed by atoms with Gasteiger partial charge in [0.05, 0.1) is 17.8 Å². The van der Waals surface area contributed by atoms with Crippen LogP contribution in [0.1, 0.15) is 36.5 Å². The van der Waals surface area contributed by atoms with Crippen LogP contribution in [0, 0.1) is 6.92 Å². The number of aromatic nitrogens is 2. The molecule has 0 amide bonds. The van der Waals surface area contributed by atoms with E-state index < -0.39 is 6.10 Å². The number of aryl methyl sites for hydroxylation is 1. The molecular weight excluding hydrogens is 288 g/mol. The lowest BCUT2D eigenvalue weighted by Gasteiger charge is -2.35. The second-order valence-corrected chi connectivity index (χ2v) is 6.93. The Hall–Kier alpha value is -1.43. The van der Waals surface area contributed by atoms with Gasteiger partial charge in [-0.25, -0.2) is 0 Å². The van der Waals surface area contributed by atoms with Crippen molar-refractivity contribution >= 4 is 10.9 Å². The summed E-state index contributed by atoms with van der Waals surface area (Å²) in [6.45, 7) is 5.34. The molecule has 1 saturated heterocycles. The van der Waals surface area contributed by atoms with Gasteiger partial charge in [-0.15, -0.1) is 0 Å². The van der Waals surface area contributed by atoms with Gasteiger partial charge in [-0.3, -0.25) is 5.10 Å². The lowest BCUT2D eigenvalue weighted by Crippen LogP contribution is -2.42. The maximum absolute atomic E-state index is 10.6. The van der Waals surface area contributed by atoms with Gasteiger partial charge in [0.15, 0.2) is 0 Å². The summed E-state index contributed by atoms with van der Waals surface area (Å²) in [5.74, 6) is 0. The number of H-pyrrole nitrogens is 1. The normalized spacial score (nSPS) is 18.8. The Morgan fingerprint density at radius 3 is 2.87 bits per heavy atom. The number of likely N-dealkylation sites (tertiary alicyclic amines) is 1. The number of rotatable bonds is 5. The number of hydrogen-bond donors (Lipinski definition) is 2. The molecule has 23 heavy (non-hydrogen) atoms. The van der Waals surface area contributed by atoms with Crippen LogP contribution >= 0.6 is 0 Å². The van der Waals surface area contributed by atoms with Crippen LogP contribution in [0.15, 0.2) is 18.3 Å². The average Bonchev–Trinajstić information content (AvgIpc) is 3.03. The molecule has 0 saturated carbocycles. The molecule has 126 valence electrons. The Labute approximate surface area is 138 Å². The number of hydrogen-bond acceptors (Lipinski definition) is 4. The molecule has 1 aliphatic rings. The van der Waals surface area contributed by atoms with E-state index in [9.17, 15) is 5.11 Å². The highest BCUT2D eigenvalue weighted by Crippen LogP contribution is 2.27. The van der Waals surface area contributed by atoms with Crippen molar-refractivity contribution in [1.82, 2.24) is 20.0 Å². The van der Waals surface area contributed by atoms with E-state index in [1.54, 1.807) is 0 Å². The molecule has 3 rings (SSSR count). The zero-order valence-electron chi connectivity index (χ0n) is 14.4. The second-order valence-electron chi connectivity index (χ2n) is 6.93. The third kappa shape index (κ3) is 3.57. The minimum Gasteiger partial charge on any atom is -0.388 e. The number of fused-ring (bicyclic) bond motifs is 1. The summed E-state index contributed by atoms with van der Waals surface area (Å²) in [6.07, 6.45) is 4.65. The molecule has 1 aliphatic heterocycles. The van der Waals surface area contributed by atoms with Crippen molar-refractivity contribution in [3.8, 4) is 0 Å². The van der Waals surface area contributed by atoms with Crippen molar-refractivity contribution in [3.05, 3.63) is 29.5 Å². The molecule has 2 heterocycles. The number of nitrogens with one attached hydrogen (secondary N) is 1. The van der Waals surface area contributed by atoms with E-state index in [0.29, 0.717) is 6.04 Å². The Morgan fingerprint density at radius 1 is 1.39 bits per heavy atom. The highest BCUT2D eigenvalue weighted by molar-refractivity contribution is 5.82. The first-order valence-corrected chi connectivity index (χ1v) is 8.55. The summed E-state index contributed by atoms with van der Waals surface area (Å²) in [5.41, 5.74) is 3.18. The minimum absolute atomic E-state index is 0.414. The topological polar surface area (TPSA) is 55.4 Å². The third-order valence-corrected chi connectivity index (χ3v) is 5.36. The molecule has 5 nitrogen and oxygen atoms in total. The van der Waals surface area contributed by atoms with Gasteiger partial charge >= 0.3 is 0 Å². The standard InChI is InChI=1S/C18H28N4O/c1-13-15(4-5-17-16(13)12-19-20-17)18(23)8-11-22(3)14-6-9-21(2)10-7-14/h4-5,12,14,18,23H,6-11H2,1-3H3,(H,19,20). The zero-order chi connectivity index (χ0) is 16.4. The summed E-state index contributed by atoms with van der Waals surface area (Å²) < 4.78 is 0. The van der Waals surface area contributed by atoms with E-state index in [1.165, 1.54) is 25.9 Å². The maximum Gasteiger partial charge on any atom is 0.0805 e. The molecule has 0 bridgehead atoms. The van der Waals surface area contributed by atoms with Gasteiger partial charge in [-0.05, 0) is 70.6 Å². The van der Waals surface area contributed by atoms with E-state index >= 15 is 0 Å². The molecule has 2 aromatic rings. The van der Waals surface area contributed by atoms with Crippen LogP contribution in [0.3, 0.4) is 0 Å². The third-order valence-electron chi connectivity index (χ3n) is 5.36. The molecule has 2 N–H and O–H groups in total. The summed E-state index contributed by atoms with van der Waals surface area (Å²) in [7, 11) is 4.38. The number of piperidine rings is 1.